The molecule has 0 unspecified atom stereocenters. The van der Waals surface area contributed by atoms with E-state index in [4.69, 9.17) is 16.3 Å². The molecule has 2 aromatic carbocycles. The van der Waals surface area contributed by atoms with Crippen molar-refractivity contribution in [3.63, 3.8) is 0 Å². The van der Waals surface area contributed by atoms with Crippen molar-refractivity contribution in [1.29, 1.82) is 0 Å². The summed E-state index contributed by atoms with van der Waals surface area (Å²) in [6, 6.07) is 16.9. The Labute approximate surface area is 194 Å². The Morgan fingerprint density at radius 1 is 1.16 bits per heavy atom. The van der Waals surface area contributed by atoms with E-state index < -0.39 is 0 Å². The minimum absolute atomic E-state index is 0.153. The molecule has 162 valence electrons. The summed E-state index contributed by atoms with van der Waals surface area (Å²) < 4.78 is 7.10. The third-order valence-corrected chi connectivity index (χ3v) is 5.90. The van der Waals surface area contributed by atoms with Crippen LogP contribution in [0.15, 0.2) is 72.1 Å². The first-order valence-corrected chi connectivity index (χ1v) is 11.1. The number of aromatic nitrogens is 4. The number of rotatable bonds is 7. The molecule has 7 nitrogen and oxygen atoms in total. The average molecular weight is 466 g/mol. The molecule has 0 aliphatic carbocycles. The maximum atomic E-state index is 12.6. The van der Waals surface area contributed by atoms with Crippen LogP contribution in [-0.4, -0.2) is 38.5 Å². The van der Waals surface area contributed by atoms with E-state index >= 15 is 0 Å². The number of hydrogen-bond acceptors (Lipinski definition) is 6. The van der Waals surface area contributed by atoms with E-state index in [-0.39, 0.29) is 11.7 Å². The molecule has 2 heterocycles. The van der Waals surface area contributed by atoms with E-state index in [1.807, 2.05) is 47.9 Å². The summed E-state index contributed by atoms with van der Waals surface area (Å²) >= 11 is 7.45. The molecule has 0 atom stereocenters. The number of hydrogen-bond donors (Lipinski definition) is 1. The van der Waals surface area contributed by atoms with Crippen LogP contribution < -0.4 is 10.1 Å². The molecular weight excluding hydrogens is 446 g/mol. The second-order valence-corrected chi connectivity index (χ2v) is 8.21. The van der Waals surface area contributed by atoms with Crippen molar-refractivity contribution in [3.8, 4) is 22.8 Å². The first-order chi connectivity index (χ1) is 15.6. The first-order valence-electron chi connectivity index (χ1n) is 9.75. The van der Waals surface area contributed by atoms with Crippen molar-refractivity contribution in [2.45, 2.75) is 12.1 Å². The predicted molar refractivity (Wildman–Crippen MR) is 127 cm³/mol. The minimum Gasteiger partial charge on any atom is -0.495 e. The second kappa shape index (κ2) is 9.84. The Morgan fingerprint density at radius 3 is 2.72 bits per heavy atom. The molecule has 0 aliphatic heterocycles. The summed E-state index contributed by atoms with van der Waals surface area (Å²) in [6.45, 7) is 2.02. The van der Waals surface area contributed by atoms with Crippen LogP contribution in [0.4, 0.5) is 5.69 Å². The molecule has 0 fully saturated rings. The maximum Gasteiger partial charge on any atom is 0.234 e. The molecule has 0 spiro atoms. The summed E-state index contributed by atoms with van der Waals surface area (Å²) in [5, 5.41) is 12.6. The van der Waals surface area contributed by atoms with Crippen LogP contribution in [0.1, 0.15) is 5.56 Å². The van der Waals surface area contributed by atoms with E-state index in [0.717, 1.165) is 16.8 Å². The number of pyridine rings is 1. The zero-order valence-corrected chi connectivity index (χ0v) is 19.0. The number of nitrogens with one attached hydrogen (secondary N) is 1. The van der Waals surface area contributed by atoms with Gasteiger partial charge in [0.15, 0.2) is 11.0 Å². The fourth-order valence-corrected chi connectivity index (χ4v) is 4.15. The van der Waals surface area contributed by atoms with Crippen molar-refractivity contribution in [2.24, 2.45) is 0 Å². The number of ether oxygens (including phenoxy) is 1. The number of halogens is 1. The molecule has 0 saturated carbocycles. The van der Waals surface area contributed by atoms with Crippen LogP contribution in [-0.2, 0) is 4.79 Å². The van der Waals surface area contributed by atoms with Crippen LogP contribution in [0.3, 0.4) is 0 Å². The minimum atomic E-state index is -0.182. The molecular formula is C23H20ClN5O2S. The third kappa shape index (κ3) is 4.76. The Morgan fingerprint density at radius 2 is 2.00 bits per heavy atom. The predicted octanol–water partition coefficient (Wildman–Crippen LogP) is 5.03. The van der Waals surface area contributed by atoms with Crippen LogP contribution in [0.2, 0.25) is 5.02 Å². The summed E-state index contributed by atoms with van der Waals surface area (Å²) in [4.78, 5) is 16.8. The number of nitrogens with zero attached hydrogens (tertiary/aromatic N) is 4. The van der Waals surface area contributed by atoms with Crippen LogP contribution in [0.5, 0.6) is 5.75 Å². The van der Waals surface area contributed by atoms with E-state index in [9.17, 15) is 4.79 Å². The molecule has 0 radical (unpaired) electrons. The molecule has 0 bridgehead atoms. The third-order valence-electron chi connectivity index (χ3n) is 4.68. The van der Waals surface area contributed by atoms with Gasteiger partial charge in [0, 0.05) is 23.6 Å². The maximum absolute atomic E-state index is 12.6. The van der Waals surface area contributed by atoms with Gasteiger partial charge in [0.05, 0.1) is 23.6 Å². The lowest BCUT2D eigenvalue weighted by Crippen LogP contribution is -2.14. The number of benzene rings is 2. The van der Waals surface area contributed by atoms with Gasteiger partial charge in [-0.1, -0.05) is 41.6 Å². The van der Waals surface area contributed by atoms with E-state index in [1.165, 1.54) is 11.8 Å². The monoisotopic (exact) mass is 465 g/mol. The number of para-hydroxylation sites is 1. The standard InChI is InChI=1S/C23H20ClN5O2S/c1-15-6-3-4-8-19(15)29-22(16-7-5-11-25-13-16)27-28-23(29)32-14-21(30)26-17-9-10-20(31-2)18(24)12-17/h3-13H,14H2,1-2H3,(H,26,30). The Bertz CT molecular complexity index is 1250. The van der Waals surface area contributed by atoms with Crippen LogP contribution >= 0.6 is 23.4 Å². The second-order valence-electron chi connectivity index (χ2n) is 6.86. The molecule has 4 aromatic rings. The van der Waals surface area contributed by atoms with Gasteiger partial charge >= 0.3 is 0 Å². The van der Waals surface area contributed by atoms with Crippen molar-refractivity contribution < 1.29 is 9.53 Å². The van der Waals surface area contributed by atoms with E-state index in [2.05, 4.69) is 20.5 Å². The summed E-state index contributed by atoms with van der Waals surface area (Å²) in [5.74, 6) is 1.18. The SMILES string of the molecule is COc1ccc(NC(=O)CSc2nnc(-c3cccnc3)n2-c2ccccc2C)cc1Cl. The van der Waals surface area contributed by atoms with Crippen molar-refractivity contribution in [1.82, 2.24) is 19.7 Å². The summed E-state index contributed by atoms with van der Waals surface area (Å²) in [7, 11) is 1.54. The van der Waals surface area contributed by atoms with Gasteiger partial charge in [-0.15, -0.1) is 10.2 Å². The molecule has 1 N–H and O–H groups in total. The summed E-state index contributed by atoms with van der Waals surface area (Å²) in [6.07, 6.45) is 3.46. The van der Waals surface area contributed by atoms with Crippen molar-refractivity contribution >= 4 is 35.0 Å². The van der Waals surface area contributed by atoms with E-state index in [1.54, 1.807) is 37.7 Å². The van der Waals surface area contributed by atoms with Crippen LogP contribution in [0.25, 0.3) is 17.1 Å². The highest BCUT2D eigenvalue weighted by Gasteiger charge is 2.18. The van der Waals surface area contributed by atoms with Gasteiger partial charge in [-0.3, -0.25) is 14.3 Å². The highest BCUT2D eigenvalue weighted by atomic mass is 35.5. The van der Waals surface area contributed by atoms with Gasteiger partial charge < -0.3 is 10.1 Å². The van der Waals surface area contributed by atoms with Crippen molar-refractivity contribution in [3.05, 3.63) is 77.6 Å². The average Bonchev–Trinajstić information content (AvgIpc) is 3.22. The van der Waals surface area contributed by atoms with Gasteiger partial charge in [0.1, 0.15) is 5.75 Å². The molecule has 0 saturated heterocycles. The number of carbonyl (C=O) groups excluding carboxylic acids is 1. The largest absolute Gasteiger partial charge is 0.495 e. The highest BCUT2D eigenvalue weighted by molar-refractivity contribution is 7.99. The van der Waals surface area contributed by atoms with E-state index in [0.29, 0.717) is 27.4 Å². The van der Waals surface area contributed by atoms with Crippen molar-refractivity contribution in [2.75, 3.05) is 18.2 Å². The number of thioether (sulfide) groups is 1. The fourth-order valence-electron chi connectivity index (χ4n) is 3.15. The fraction of sp³-hybridized carbons (Fsp3) is 0.130. The quantitative estimate of drug-likeness (QED) is 0.385. The lowest BCUT2D eigenvalue weighted by Gasteiger charge is -2.13. The zero-order chi connectivity index (χ0) is 22.5. The van der Waals surface area contributed by atoms with Crippen LogP contribution in [0, 0.1) is 6.92 Å². The Hall–Kier alpha value is -3.36. The number of anilines is 1. The van der Waals surface area contributed by atoms with Gasteiger partial charge in [-0.05, 0) is 48.9 Å². The Kier molecular flexibility index (Phi) is 6.72. The lowest BCUT2D eigenvalue weighted by molar-refractivity contribution is -0.113. The van der Waals surface area contributed by atoms with Gasteiger partial charge in [-0.2, -0.15) is 0 Å². The highest BCUT2D eigenvalue weighted by Crippen LogP contribution is 2.30. The zero-order valence-electron chi connectivity index (χ0n) is 17.4. The smallest absolute Gasteiger partial charge is 0.234 e. The lowest BCUT2D eigenvalue weighted by atomic mass is 10.2. The topological polar surface area (TPSA) is 81.9 Å². The number of aryl methyl sites for hydroxylation is 1. The molecule has 1 amide bonds. The van der Waals surface area contributed by atoms with Gasteiger partial charge in [0.25, 0.3) is 0 Å². The summed E-state index contributed by atoms with van der Waals surface area (Å²) in [5.41, 5.74) is 3.45. The number of carbonyl (C=O) groups is 1. The normalized spacial score (nSPS) is 10.7. The molecule has 2 aromatic heterocycles. The number of methoxy groups -OCH3 is 1. The van der Waals surface area contributed by atoms with Gasteiger partial charge in [0.2, 0.25) is 5.91 Å². The van der Waals surface area contributed by atoms with Gasteiger partial charge in [-0.25, -0.2) is 0 Å². The molecule has 0 aliphatic rings. The molecule has 9 heteroatoms. The molecule has 4 rings (SSSR count). The Balaban J connectivity index is 1.57. The number of amides is 1. The molecule has 32 heavy (non-hydrogen) atoms. The first kappa shape index (κ1) is 21.9.